The van der Waals surface area contributed by atoms with Gasteiger partial charge in [0.1, 0.15) is 0 Å². The van der Waals surface area contributed by atoms with Crippen LogP contribution in [-0.4, -0.2) is 36.6 Å². The fraction of sp³-hybridized carbons (Fsp3) is 1.00. The van der Waals surface area contributed by atoms with Crippen LogP contribution in [0.2, 0.25) is 0 Å². The summed E-state index contributed by atoms with van der Waals surface area (Å²) < 4.78 is 0. The number of rotatable bonds is 4. The molecule has 15 heavy (non-hydrogen) atoms. The van der Waals surface area contributed by atoms with E-state index in [1.165, 1.54) is 51.7 Å². The van der Waals surface area contributed by atoms with E-state index in [9.17, 15) is 0 Å². The van der Waals surface area contributed by atoms with Gasteiger partial charge in [0.2, 0.25) is 0 Å². The largest absolute Gasteiger partial charge is 0.315 e. The Hall–Kier alpha value is -0.0800. The molecule has 0 bridgehead atoms. The Balaban J connectivity index is 1.98. The summed E-state index contributed by atoms with van der Waals surface area (Å²) in [5.41, 5.74) is 0. The van der Waals surface area contributed by atoms with E-state index in [-0.39, 0.29) is 0 Å². The van der Waals surface area contributed by atoms with Crippen LogP contribution in [0.3, 0.4) is 0 Å². The van der Waals surface area contributed by atoms with Crippen LogP contribution in [0.4, 0.5) is 0 Å². The maximum absolute atomic E-state index is 3.50. The first kappa shape index (κ1) is 11.4. The third-order valence-electron chi connectivity index (χ3n) is 4.44. The topological polar surface area (TPSA) is 15.3 Å². The second kappa shape index (κ2) is 5.31. The van der Waals surface area contributed by atoms with E-state index >= 15 is 0 Å². The molecule has 1 heterocycles. The summed E-state index contributed by atoms with van der Waals surface area (Å²) in [6.07, 6.45) is 7.11. The van der Waals surface area contributed by atoms with Crippen LogP contribution in [0.15, 0.2) is 0 Å². The highest BCUT2D eigenvalue weighted by Crippen LogP contribution is 2.33. The SMILES string of the molecule is CCC1CCCC1N(CC)C1CCNC1. The first-order chi connectivity index (χ1) is 7.36. The zero-order valence-corrected chi connectivity index (χ0v) is 10.3. The van der Waals surface area contributed by atoms with E-state index < -0.39 is 0 Å². The van der Waals surface area contributed by atoms with E-state index in [1.807, 2.05) is 0 Å². The standard InChI is InChI=1S/C13H26N2/c1-3-11-6-5-7-13(11)15(4-2)12-8-9-14-10-12/h11-14H,3-10H2,1-2H3. The average Bonchev–Trinajstić information content (AvgIpc) is 2.89. The summed E-state index contributed by atoms with van der Waals surface area (Å²) in [4.78, 5) is 2.79. The van der Waals surface area contributed by atoms with Gasteiger partial charge in [-0.05, 0) is 38.3 Å². The number of likely N-dealkylation sites (N-methyl/N-ethyl adjacent to an activating group) is 1. The summed E-state index contributed by atoms with van der Waals surface area (Å²) in [6, 6.07) is 1.72. The maximum Gasteiger partial charge on any atom is 0.0235 e. The van der Waals surface area contributed by atoms with Gasteiger partial charge in [0, 0.05) is 18.6 Å². The fourth-order valence-electron chi connectivity index (χ4n) is 3.62. The number of hydrogen-bond acceptors (Lipinski definition) is 2. The highest BCUT2D eigenvalue weighted by molar-refractivity contribution is 4.90. The Kier molecular flexibility index (Phi) is 4.04. The number of hydrogen-bond donors (Lipinski definition) is 1. The van der Waals surface area contributed by atoms with Gasteiger partial charge in [-0.25, -0.2) is 0 Å². The van der Waals surface area contributed by atoms with Crippen LogP contribution < -0.4 is 5.32 Å². The van der Waals surface area contributed by atoms with Crippen molar-refractivity contribution in [3.63, 3.8) is 0 Å². The highest BCUT2D eigenvalue weighted by Gasteiger charge is 2.34. The summed E-state index contributed by atoms with van der Waals surface area (Å²) >= 11 is 0. The molecular formula is C13H26N2. The van der Waals surface area contributed by atoms with Crippen molar-refractivity contribution in [3.8, 4) is 0 Å². The molecule has 3 atom stereocenters. The summed E-state index contributed by atoms with van der Waals surface area (Å²) in [5.74, 6) is 0.977. The molecule has 0 amide bonds. The quantitative estimate of drug-likeness (QED) is 0.765. The maximum atomic E-state index is 3.50. The van der Waals surface area contributed by atoms with Crippen molar-refractivity contribution in [2.45, 2.75) is 58.0 Å². The van der Waals surface area contributed by atoms with Gasteiger partial charge in [0.15, 0.2) is 0 Å². The zero-order chi connectivity index (χ0) is 10.7. The van der Waals surface area contributed by atoms with Crippen LogP contribution in [0.5, 0.6) is 0 Å². The van der Waals surface area contributed by atoms with Crippen LogP contribution >= 0.6 is 0 Å². The molecule has 3 unspecified atom stereocenters. The molecule has 2 nitrogen and oxygen atoms in total. The molecule has 0 spiro atoms. The zero-order valence-electron chi connectivity index (χ0n) is 10.3. The second-order valence-corrected chi connectivity index (χ2v) is 5.14. The average molecular weight is 210 g/mol. The molecule has 88 valence electrons. The molecule has 0 aromatic heterocycles. The van der Waals surface area contributed by atoms with Crippen molar-refractivity contribution in [2.24, 2.45) is 5.92 Å². The lowest BCUT2D eigenvalue weighted by molar-refractivity contribution is 0.119. The molecule has 0 radical (unpaired) electrons. The first-order valence-electron chi connectivity index (χ1n) is 6.83. The highest BCUT2D eigenvalue weighted by atomic mass is 15.2. The third-order valence-corrected chi connectivity index (χ3v) is 4.44. The predicted molar refractivity (Wildman–Crippen MR) is 65.1 cm³/mol. The van der Waals surface area contributed by atoms with E-state index in [0.29, 0.717) is 0 Å². The third kappa shape index (κ3) is 2.36. The van der Waals surface area contributed by atoms with Crippen LogP contribution in [-0.2, 0) is 0 Å². The van der Waals surface area contributed by atoms with Gasteiger partial charge in [-0.2, -0.15) is 0 Å². The summed E-state index contributed by atoms with van der Waals surface area (Å²) in [5, 5.41) is 3.50. The minimum atomic E-state index is 0.826. The lowest BCUT2D eigenvalue weighted by Gasteiger charge is -2.36. The Morgan fingerprint density at radius 2 is 2.07 bits per heavy atom. The van der Waals surface area contributed by atoms with Crippen molar-refractivity contribution in [3.05, 3.63) is 0 Å². The lowest BCUT2D eigenvalue weighted by Crippen LogP contribution is -2.45. The van der Waals surface area contributed by atoms with Gasteiger partial charge >= 0.3 is 0 Å². The minimum Gasteiger partial charge on any atom is -0.315 e. The van der Waals surface area contributed by atoms with Crippen molar-refractivity contribution in [2.75, 3.05) is 19.6 Å². The molecule has 2 heteroatoms. The van der Waals surface area contributed by atoms with Gasteiger partial charge in [-0.15, -0.1) is 0 Å². The van der Waals surface area contributed by atoms with Crippen LogP contribution in [0.1, 0.15) is 46.0 Å². The molecule has 0 aromatic carbocycles. The van der Waals surface area contributed by atoms with Gasteiger partial charge in [0.25, 0.3) is 0 Å². The van der Waals surface area contributed by atoms with Crippen molar-refractivity contribution >= 4 is 0 Å². The Bertz CT molecular complexity index is 187. The summed E-state index contributed by atoms with van der Waals surface area (Å²) in [7, 11) is 0. The van der Waals surface area contributed by atoms with Crippen LogP contribution in [0, 0.1) is 5.92 Å². The molecule has 2 fully saturated rings. The molecule has 2 rings (SSSR count). The molecule has 1 saturated carbocycles. The molecule has 1 saturated heterocycles. The number of nitrogens with zero attached hydrogens (tertiary/aromatic N) is 1. The first-order valence-corrected chi connectivity index (χ1v) is 6.83. The van der Waals surface area contributed by atoms with Gasteiger partial charge in [-0.3, -0.25) is 4.90 Å². The molecular weight excluding hydrogens is 184 g/mol. The van der Waals surface area contributed by atoms with E-state index in [4.69, 9.17) is 0 Å². The molecule has 1 aliphatic carbocycles. The Labute approximate surface area is 94.4 Å². The van der Waals surface area contributed by atoms with Crippen molar-refractivity contribution < 1.29 is 0 Å². The molecule has 2 aliphatic rings. The van der Waals surface area contributed by atoms with Crippen LogP contribution in [0.25, 0.3) is 0 Å². The molecule has 1 N–H and O–H groups in total. The van der Waals surface area contributed by atoms with Crippen molar-refractivity contribution in [1.82, 2.24) is 10.2 Å². The Morgan fingerprint density at radius 3 is 2.67 bits per heavy atom. The fourth-order valence-corrected chi connectivity index (χ4v) is 3.62. The smallest absolute Gasteiger partial charge is 0.0235 e. The lowest BCUT2D eigenvalue weighted by atomic mass is 9.97. The van der Waals surface area contributed by atoms with E-state index in [0.717, 1.165) is 18.0 Å². The van der Waals surface area contributed by atoms with Gasteiger partial charge < -0.3 is 5.32 Å². The summed E-state index contributed by atoms with van der Waals surface area (Å²) in [6.45, 7) is 8.39. The van der Waals surface area contributed by atoms with Gasteiger partial charge in [-0.1, -0.05) is 26.7 Å². The predicted octanol–water partition coefficient (Wildman–Crippen LogP) is 2.25. The van der Waals surface area contributed by atoms with E-state index in [2.05, 4.69) is 24.1 Å². The van der Waals surface area contributed by atoms with E-state index in [1.54, 1.807) is 0 Å². The minimum absolute atomic E-state index is 0.826. The Morgan fingerprint density at radius 1 is 1.20 bits per heavy atom. The number of nitrogens with one attached hydrogen (secondary N) is 1. The van der Waals surface area contributed by atoms with Gasteiger partial charge in [0.05, 0.1) is 0 Å². The van der Waals surface area contributed by atoms with Crippen molar-refractivity contribution in [1.29, 1.82) is 0 Å². The molecule has 0 aromatic rings. The molecule has 1 aliphatic heterocycles. The second-order valence-electron chi connectivity index (χ2n) is 5.14. The normalized spacial score (nSPS) is 36.6. The monoisotopic (exact) mass is 210 g/mol.